The first kappa shape index (κ1) is 15.2. The van der Waals surface area contributed by atoms with Crippen LogP contribution in [-0.4, -0.2) is 35.4 Å². The molecule has 0 fully saturated rings. The van der Waals surface area contributed by atoms with E-state index < -0.39 is 12.0 Å². The fourth-order valence-corrected chi connectivity index (χ4v) is 2.33. The van der Waals surface area contributed by atoms with Gasteiger partial charge in [-0.3, -0.25) is 14.4 Å². The summed E-state index contributed by atoms with van der Waals surface area (Å²) in [5, 5.41) is 14.6. The zero-order valence-corrected chi connectivity index (χ0v) is 11.8. The van der Waals surface area contributed by atoms with Gasteiger partial charge in [0.05, 0.1) is 18.9 Å². The summed E-state index contributed by atoms with van der Waals surface area (Å²) in [5.74, 6) is -1.37. The molecule has 0 spiro atoms. The molecule has 112 valence electrons. The molecule has 0 saturated carbocycles. The molecule has 3 N–H and O–H groups in total. The number of carboxylic acids is 1. The minimum atomic E-state index is -1.02. The quantitative estimate of drug-likeness (QED) is 0.656. The van der Waals surface area contributed by atoms with Crippen LogP contribution in [0.25, 0.3) is 0 Å². The molecule has 1 aliphatic heterocycles. The van der Waals surface area contributed by atoms with Crippen molar-refractivity contribution in [3.63, 3.8) is 0 Å². The lowest BCUT2D eigenvalue weighted by molar-refractivity contribution is -0.137. The molecule has 1 unspecified atom stereocenters. The van der Waals surface area contributed by atoms with Gasteiger partial charge in [-0.05, 0) is 36.7 Å². The van der Waals surface area contributed by atoms with Crippen molar-refractivity contribution in [2.24, 2.45) is 0 Å². The van der Waals surface area contributed by atoms with Gasteiger partial charge < -0.3 is 15.7 Å². The molecule has 6 heteroatoms. The molecule has 1 heterocycles. The van der Waals surface area contributed by atoms with Crippen LogP contribution in [0.4, 0.5) is 5.69 Å². The average Bonchev–Trinajstić information content (AvgIpc) is 2.81. The van der Waals surface area contributed by atoms with Crippen LogP contribution in [0.15, 0.2) is 18.2 Å². The summed E-state index contributed by atoms with van der Waals surface area (Å²) in [4.78, 5) is 34.6. The first-order chi connectivity index (χ1) is 10.0. The third-order valence-corrected chi connectivity index (χ3v) is 3.35. The van der Waals surface area contributed by atoms with Gasteiger partial charge in [0.2, 0.25) is 5.91 Å². The number of Topliss-reactive ketones (excluding diaryl/α,β-unsaturated/α-hetero) is 1. The highest BCUT2D eigenvalue weighted by Crippen LogP contribution is 2.24. The van der Waals surface area contributed by atoms with E-state index in [1.807, 2.05) is 6.92 Å². The maximum absolute atomic E-state index is 12.4. The monoisotopic (exact) mass is 290 g/mol. The summed E-state index contributed by atoms with van der Waals surface area (Å²) >= 11 is 0. The lowest BCUT2D eigenvalue weighted by Gasteiger charge is -2.15. The van der Waals surface area contributed by atoms with Crippen LogP contribution in [0.5, 0.6) is 0 Å². The van der Waals surface area contributed by atoms with Gasteiger partial charge in [-0.1, -0.05) is 6.92 Å². The second kappa shape index (κ2) is 6.49. The predicted octanol–water partition coefficient (Wildman–Crippen LogP) is 1.21. The summed E-state index contributed by atoms with van der Waals surface area (Å²) in [6.07, 6.45) is 0.807. The van der Waals surface area contributed by atoms with E-state index in [0.29, 0.717) is 17.8 Å². The van der Waals surface area contributed by atoms with Crippen LogP contribution in [0.1, 0.15) is 35.7 Å². The number of aliphatic carboxylic acids is 1. The van der Waals surface area contributed by atoms with E-state index >= 15 is 0 Å². The van der Waals surface area contributed by atoms with Gasteiger partial charge >= 0.3 is 5.97 Å². The minimum Gasteiger partial charge on any atom is -0.481 e. The number of hydrogen-bond donors (Lipinski definition) is 3. The minimum absolute atomic E-state index is 0.0965. The SMILES string of the molecule is CCCNC(CC(=O)O)C(=O)c1ccc2c(c1)CC(=O)N2. The van der Waals surface area contributed by atoms with Gasteiger partial charge in [0.25, 0.3) is 0 Å². The molecule has 1 atom stereocenters. The van der Waals surface area contributed by atoms with Gasteiger partial charge in [0, 0.05) is 11.3 Å². The molecular weight excluding hydrogens is 272 g/mol. The van der Waals surface area contributed by atoms with E-state index in [-0.39, 0.29) is 24.5 Å². The number of rotatable bonds is 7. The topological polar surface area (TPSA) is 95.5 Å². The van der Waals surface area contributed by atoms with Crippen LogP contribution in [-0.2, 0) is 16.0 Å². The summed E-state index contributed by atoms with van der Waals surface area (Å²) in [5.41, 5.74) is 1.92. The Balaban J connectivity index is 2.18. The van der Waals surface area contributed by atoms with E-state index in [1.165, 1.54) is 0 Å². The summed E-state index contributed by atoms with van der Waals surface area (Å²) in [6.45, 7) is 2.52. The van der Waals surface area contributed by atoms with Gasteiger partial charge in [-0.25, -0.2) is 0 Å². The third-order valence-electron chi connectivity index (χ3n) is 3.35. The molecule has 2 rings (SSSR count). The Morgan fingerprint density at radius 3 is 2.86 bits per heavy atom. The van der Waals surface area contributed by atoms with E-state index in [1.54, 1.807) is 18.2 Å². The largest absolute Gasteiger partial charge is 0.481 e. The first-order valence-electron chi connectivity index (χ1n) is 6.93. The molecule has 1 aliphatic rings. The average molecular weight is 290 g/mol. The second-order valence-electron chi connectivity index (χ2n) is 5.07. The van der Waals surface area contributed by atoms with Crippen LogP contribution in [0, 0.1) is 0 Å². The lowest BCUT2D eigenvalue weighted by atomic mass is 9.98. The van der Waals surface area contributed by atoms with Gasteiger partial charge in [0.1, 0.15) is 0 Å². The van der Waals surface area contributed by atoms with Crippen molar-refractivity contribution < 1.29 is 19.5 Å². The van der Waals surface area contributed by atoms with E-state index in [4.69, 9.17) is 5.11 Å². The van der Waals surface area contributed by atoms with Crippen molar-refractivity contribution in [2.45, 2.75) is 32.2 Å². The highest BCUT2D eigenvalue weighted by Gasteiger charge is 2.24. The van der Waals surface area contributed by atoms with Gasteiger partial charge in [-0.15, -0.1) is 0 Å². The second-order valence-corrected chi connectivity index (χ2v) is 5.07. The highest BCUT2D eigenvalue weighted by atomic mass is 16.4. The Bertz CT molecular complexity index is 583. The zero-order valence-electron chi connectivity index (χ0n) is 11.8. The van der Waals surface area contributed by atoms with E-state index in [9.17, 15) is 14.4 Å². The molecule has 0 bridgehead atoms. The first-order valence-corrected chi connectivity index (χ1v) is 6.93. The molecule has 0 aromatic heterocycles. The predicted molar refractivity (Wildman–Crippen MR) is 77.4 cm³/mol. The number of amides is 1. The number of fused-ring (bicyclic) bond motifs is 1. The molecule has 1 aromatic rings. The molecule has 21 heavy (non-hydrogen) atoms. The Morgan fingerprint density at radius 2 is 2.19 bits per heavy atom. The normalized spacial score (nSPS) is 14.4. The van der Waals surface area contributed by atoms with E-state index in [0.717, 1.165) is 12.0 Å². The number of anilines is 1. The number of hydrogen-bond acceptors (Lipinski definition) is 4. The molecule has 6 nitrogen and oxygen atoms in total. The Morgan fingerprint density at radius 1 is 1.43 bits per heavy atom. The van der Waals surface area contributed by atoms with Crippen LogP contribution in [0.2, 0.25) is 0 Å². The molecule has 0 saturated heterocycles. The number of carboxylic acid groups (broad SMARTS) is 1. The molecule has 0 aliphatic carbocycles. The van der Waals surface area contributed by atoms with Crippen LogP contribution in [0.3, 0.4) is 0 Å². The van der Waals surface area contributed by atoms with Crippen LogP contribution < -0.4 is 10.6 Å². The molecular formula is C15H18N2O4. The summed E-state index contributed by atoms with van der Waals surface area (Å²) in [7, 11) is 0. The highest BCUT2D eigenvalue weighted by molar-refractivity contribution is 6.04. The number of carbonyl (C=O) groups excluding carboxylic acids is 2. The Kier molecular flexibility index (Phi) is 4.70. The van der Waals surface area contributed by atoms with Gasteiger partial charge in [-0.2, -0.15) is 0 Å². The molecule has 1 aromatic carbocycles. The van der Waals surface area contributed by atoms with Crippen molar-refractivity contribution in [1.82, 2.24) is 5.32 Å². The summed E-state index contributed by atoms with van der Waals surface area (Å²) < 4.78 is 0. The number of ketones is 1. The number of benzene rings is 1. The third kappa shape index (κ3) is 3.66. The van der Waals surface area contributed by atoms with Crippen molar-refractivity contribution in [3.8, 4) is 0 Å². The van der Waals surface area contributed by atoms with Gasteiger partial charge in [0.15, 0.2) is 5.78 Å². The van der Waals surface area contributed by atoms with Crippen molar-refractivity contribution >= 4 is 23.3 Å². The zero-order chi connectivity index (χ0) is 15.4. The standard InChI is InChI=1S/C15H18N2O4/c1-2-5-16-12(8-14(19)20)15(21)9-3-4-11-10(6-9)7-13(18)17-11/h3-4,6,12,16H,2,5,7-8H2,1H3,(H,17,18)(H,19,20). The fraction of sp³-hybridized carbons (Fsp3) is 0.400. The maximum atomic E-state index is 12.4. The Hall–Kier alpha value is -2.21. The Labute approximate surface area is 122 Å². The van der Waals surface area contributed by atoms with Crippen molar-refractivity contribution in [1.29, 1.82) is 0 Å². The molecule has 1 amide bonds. The van der Waals surface area contributed by atoms with Crippen molar-refractivity contribution in [3.05, 3.63) is 29.3 Å². The molecule has 0 radical (unpaired) electrons. The van der Waals surface area contributed by atoms with E-state index in [2.05, 4.69) is 10.6 Å². The van der Waals surface area contributed by atoms with Crippen molar-refractivity contribution in [2.75, 3.05) is 11.9 Å². The smallest absolute Gasteiger partial charge is 0.305 e. The maximum Gasteiger partial charge on any atom is 0.305 e. The fourth-order valence-electron chi connectivity index (χ4n) is 2.33. The number of nitrogens with one attached hydrogen (secondary N) is 2. The number of carbonyl (C=O) groups is 3. The summed E-state index contributed by atoms with van der Waals surface area (Å²) in [6, 6.07) is 4.23. The lowest BCUT2D eigenvalue weighted by Crippen LogP contribution is -2.39. The van der Waals surface area contributed by atoms with Crippen LogP contribution >= 0.6 is 0 Å².